The van der Waals surface area contributed by atoms with Crippen LogP contribution in [0.3, 0.4) is 0 Å². The number of hydrazine groups is 1. The van der Waals surface area contributed by atoms with Gasteiger partial charge in [-0.3, -0.25) is 20.8 Å². The van der Waals surface area contributed by atoms with Gasteiger partial charge >= 0.3 is 0 Å². The maximum Gasteiger partial charge on any atom is 0.270 e. The first-order valence-electron chi connectivity index (χ1n) is 5.83. The molecule has 0 fully saturated rings. The fourth-order valence-electron chi connectivity index (χ4n) is 1.46. The van der Waals surface area contributed by atoms with Crippen molar-refractivity contribution in [3.05, 3.63) is 28.3 Å². The second-order valence-electron chi connectivity index (χ2n) is 3.86. The van der Waals surface area contributed by atoms with Crippen LogP contribution in [0.4, 0.5) is 11.4 Å². The third kappa shape index (κ3) is 4.37. The average molecular weight is 317 g/mol. The van der Waals surface area contributed by atoms with E-state index in [2.05, 4.69) is 10.7 Å². The molecule has 0 heterocycles. The van der Waals surface area contributed by atoms with Crippen molar-refractivity contribution in [2.75, 3.05) is 18.5 Å². The van der Waals surface area contributed by atoms with Gasteiger partial charge in [0.1, 0.15) is 4.90 Å². The van der Waals surface area contributed by atoms with Crippen LogP contribution in [0.5, 0.6) is 0 Å². The highest BCUT2D eigenvalue weighted by Crippen LogP contribution is 2.25. The highest BCUT2D eigenvalue weighted by Gasteiger charge is 2.22. The molecule has 0 atom stereocenters. The number of carbonyl (C=O) groups excluding carboxylic acids is 1. The monoisotopic (exact) mass is 317 g/mol. The van der Waals surface area contributed by atoms with E-state index in [1.54, 1.807) is 6.92 Å². The number of nitrogens with two attached hydrogens (primary N) is 1. The number of nitrogen functional groups attached to an aromatic ring is 1. The van der Waals surface area contributed by atoms with E-state index in [1.807, 2.05) is 4.72 Å². The van der Waals surface area contributed by atoms with Crippen LogP contribution < -0.4 is 21.3 Å². The Balaban J connectivity index is 3.08. The molecule has 0 saturated heterocycles. The lowest BCUT2D eigenvalue weighted by Crippen LogP contribution is -2.37. The van der Waals surface area contributed by atoms with Crippen molar-refractivity contribution in [3.63, 3.8) is 0 Å². The SMILES string of the molecule is CCNC(=O)CNS(=O)(=O)c1cc([N+](=O)[O-])ccc1NN. The lowest BCUT2D eigenvalue weighted by atomic mass is 10.3. The number of carbonyl (C=O) groups is 1. The van der Waals surface area contributed by atoms with E-state index in [9.17, 15) is 23.3 Å². The standard InChI is InChI=1S/C10H15N5O5S/c1-2-12-10(16)6-13-21(19,20)9-5-7(15(17)18)3-4-8(9)14-11/h3-5,13-14H,2,6,11H2,1H3,(H,12,16). The van der Waals surface area contributed by atoms with Crippen molar-refractivity contribution < 1.29 is 18.1 Å². The number of hydrogen-bond donors (Lipinski definition) is 4. The number of nitro groups is 1. The molecule has 0 saturated carbocycles. The van der Waals surface area contributed by atoms with Gasteiger partial charge in [-0.25, -0.2) is 13.1 Å². The summed E-state index contributed by atoms with van der Waals surface area (Å²) in [5.41, 5.74) is 1.70. The van der Waals surface area contributed by atoms with Gasteiger partial charge in [0.05, 0.1) is 17.2 Å². The highest BCUT2D eigenvalue weighted by atomic mass is 32.2. The molecular weight excluding hydrogens is 302 g/mol. The minimum atomic E-state index is -4.13. The predicted molar refractivity (Wildman–Crippen MR) is 74.8 cm³/mol. The number of anilines is 1. The van der Waals surface area contributed by atoms with Crippen molar-refractivity contribution in [2.24, 2.45) is 5.84 Å². The Morgan fingerprint density at radius 3 is 2.62 bits per heavy atom. The molecule has 11 heteroatoms. The zero-order valence-corrected chi connectivity index (χ0v) is 11.9. The summed E-state index contributed by atoms with van der Waals surface area (Å²) >= 11 is 0. The van der Waals surface area contributed by atoms with Gasteiger partial charge in [-0.1, -0.05) is 0 Å². The normalized spacial score (nSPS) is 11.0. The number of sulfonamides is 1. The number of hydrogen-bond acceptors (Lipinski definition) is 7. The molecule has 1 aromatic rings. The van der Waals surface area contributed by atoms with E-state index >= 15 is 0 Å². The molecule has 0 unspecified atom stereocenters. The summed E-state index contributed by atoms with van der Waals surface area (Å²) in [7, 11) is -4.13. The van der Waals surface area contributed by atoms with Crippen LogP contribution in [0, 0.1) is 10.1 Å². The smallest absolute Gasteiger partial charge is 0.270 e. The predicted octanol–water partition coefficient (Wildman–Crippen LogP) is -0.705. The van der Waals surface area contributed by atoms with E-state index in [1.165, 1.54) is 6.07 Å². The number of nitro benzene ring substituents is 1. The molecule has 1 amide bonds. The molecule has 0 spiro atoms. The molecule has 0 radical (unpaired) electrons. The number of non-ortho nitro benzene ring substituents is 1. The quantitative estimate of drug-likeness (QED) is 0.294. The van der Waals surface area contributed by atoms with Crippen LogP contribution in [0.25, 0.3) is 0 Å². The van der Waals surface area contributed by atoms with E-state index in [0.717, 1.165) is 12.1 Å². The number of rotatable bonds is 7. The van der Waals surface area contributed by atoms with Crippen molar-refractivity contribution in [2.45, 2.75) is 11.8 Å². The van der Waals surface area contributed by atoms with Gasteiger partial charge in [0, 0.05) is 18.7 Å². The molecule has 0 aliphatic carbocycles. The molecule has 0 aliphatic rings. The van der Waals surface area contributed by atoms with Crippen LogP contribution in [-0.4, -0.2) is 32.3 Å². The third-order valence-electron chi connectivity index (χ3n) is 2.42. The Kier molecular flexibility index (Phi) is 5.58. The molecule has 21 heavy (non-hydrogen) atoms. The molecule has 0 aromatic heterocycles. The summed E-state index contributed by atoms with van der Waals surface area (Å²) in [5, 5.41) is 13.1. The average Bonchev–Trinajstić information content (AvgIpc) is 2.44. The molecule has 1 aromatic carbocycles. The first-order valence-corrected chi connectivity index (χ1v) is 7.31. The topological polar surface area (TPSA) is 156 Å². The minimum absolute atomic E-state index is 0.0241. The van der Waals surface area contributed by atoms with Crippen LogP contribution in [0.2, 0.25) is 0 Å². The highest BCUT2D eigenvalue weighted by molar-refractivity contribution is 7.89. The number of benzene rings is 1. The van der Waals surface area contributed by atoms with Crippen LogP contribution in [0.15, 0.2) is 23.1 Å². The minimum Gasteiger partial charge on any atom is -0.355 e. The Hall–Kier alpha value is -2.24. The largest absolute Gasteiger partial charge is 0.355 e. The fourth-order valence-corrected chi connectivity index (χ4v) is 2.63. The van der Waals surface area contributed by atoms with Crippen LogP contribution in [0.1, 0.15) is 6.92 Å². The fraction of sp³-hybridized carbons (Fsp3) is 0.300. The van der Waals surface area contributed by atoms with Crippen molar-refractivity contribution in [1.82, 2.24) is 10.0 Å². The van der Waals surface area contributed by atoms with Gasteiger partial charge in [-0.15, -0.1) is 0 Å². The Morgan fingerprint density at radius 2 is 2.10 bits per heavy atom. The summed E-state index contributed by atoms with van der Waals surface area (Å²) < 4.78 is 26.2. The summed E-state index contributed by atoms with van der Waals surface area (Å²) in [5.74, 6) is 4.67. The zero-order chi connectivity index (χ0) is 16.0. The Bertz CT molecular complexity index is 645. The summed E-state index contributed by atoms with van der Waals surface area (Å²) in [4.78, 5) is 20.8. The maximum absolute atomic E-state index is 12.1. The Morgan fingerprint density at radius 1 is 1.43 bits per heavy atom. The van der Waals surface area contributed by atoms with Gasteiger partial charge in [0.15, 0.2) is 0 Å². The van der Waals surface area contributed by atoms with Gasteiger partial charge in [-0.05, 0) is 13.0 Å². The molecule has 116 valence electrons. The zero-order valence-electron chi connectivity index (χ0n) is 11.1. The number of amides is 1. The molecule has 10 nitrogen and oxygen atoms in total. The number of nitrogens with zero attached hydrogens (tertiary/aromatic N) is 1. The molecule has 5 N–H and O–H groups in total. The second-order valence-corrected chi connectivity index (χ2v) is 5.60. The van der Waals surface area contributed by atoms with Crippen LogP contribution >= 0.6 is 0 Å². The molecular formula is C10H15N5O5S. The summed E-state index contributed by atoms with van der Waals surface area (Å²) in [6, 6.07) is 3.13. The lowest BCUT2D eigenvalue weighted by molar-refractivity contribution is -0.385. The van der Waals surface area contributed by atoms with Crippen molar-refractivity contribution in [1.29, 1.82) is 0 Å². The van der Waals surface area contributed by atoms with Gasteiger partial charge in [0.2, 0.25) is 15.9 Å². The van der Waals surface area contributed by atoms with Crippen LogP contribution in [-0.2, 0) is 14.8 Å². The first kappa shape index (κ1) is 16.8. The maximum atomic E-state index is 12.1. The molecule has 0 bridgehead atoms. The lowest BCUT2D eigenvalue weighted by Gasteiger charge is -2.10. The Labute approximate surface area is 120 Å². The van der Waals surface area contributed by atoms with E-state index in [-0.39, 0.29) is 5.69 Å². The second kappa shape index (κ2) is 6.97. The van der Waals surface area contributed by atoms with Crippen molar-refractivity contribution in [3.8, 4) is 0 Å². The van der Waals surface area contributed by atoms with Gasteiger partial charge < -0.3 is 10.7 Å². The van der Waals surface area contributed by atoms with Gasteiger partial charge in [0.25, 0.3) is 5.69 Å². The van der Waals surface area contributed by atoms with E-state index in [4.69, 9.17) is 5.84 Å². The molecule has 0 aliphatic heterocycles. The molecule has 1 rings (SSSR count). The van der Waals surface area contributed by atoms with Gasteiger partial charge in [-0.2, -0.15) is 0 Å². The summed E-state index contributed by atoms with van der Waals surface area (Å²) in [6.07, 6.45) is 0. The van der Waals surface area contributed by atoms with E-state index in [0.29, 0.717) is 6.54 Å². The van der Waals surface area contributed by atoms with Crippen molar-refractivity contribution >= 4 is 27.3 Å². The number of nitrogens with one attached hydrogen (secondary N) is 3. The van der Waals surface area contributed by atoms with E-state index < -0.39 is 38.0 Å². The third-order valence-corrected chi connectivity index (χ3v) is 3.86. The summed E-state index contributed by atoms with van der Waals surface area (Å²) in [6.45, 7) is 1.55. The number of likely N-dealkylation sites (N-methyl/N-ethyl adjacent to an activating group) is 1. The first-order chi connectivity index (χ1) is 9.81.